The van der Waals surface area contributed by atoms with Crippen molar-refractivity contribution in [3.63, 3.8) is 0 Å². The van der Waals surface area contributed by atoms with Crippen LogP contribution in [-0.4, -0.2) is 26.7 Å². The molecule has 0 saturated carbocycles. The van der Waals surface area contributed by atoms with Gasteiger partial charge in [-0.05, 0) is 30.5 Å². The van der Waals surface area contributed by atoms with Crippen LogP contribution in [-0.2, 0) is 16.6 Å². The normalized spacial score (nSPS) is 13.4. The molecule has 1 aromatic carbocycles. The molecule has 120 valence electrons. The lowest BCUT2D eigenvalue weighted by Crippen LogP contribution is -2.37. The van der Waals surface area contributed by atoms with E-state index in [0.717, 1.165) is 12.8 Å². The molecule has 21 heavy (non-hydrogen) atoms. The number of benzene rings is 1. The first-order chi connectivity index (χ1) is 9.89. The van der Waals surface area contributed by atoms with Crippen LogP contribution in [0.15, 0.2) is 23.1 Å². The molecule has 0 spiro atoms. The summed E-state index contributed by atoms with van der Waals surface area (Å²) in [5, 5.41) is 9.18. The molecule has 2 N–H and O–H groups in total. The van der Waals surface area contributed by atoms with Crippen LogP contribution in [0.3, 0.4) is 0 Å². The fraction of sp³-hybridized carbons (Fsp3) is 0.600. The summed E-state index contributed by atoms with van der Waals surface area (Å²) < 4.78 is 32.9. The SMILES string of the molecule is CCC(CC)C(C)NS(=O)(=O)c1cc(CO)ccc1OC. The summed E-state index contributed by atoms with van der Waals surface area (Å²) in [6, 6.07) is 4.48. The Kier molecular flexibility index (Phi) is 6.64. The Morgan fingerprint density at radius 3 is 2.38 bits per heavy atom. The fourth-order valence-electron chi connectivity index (χ4n) is 2.43. The van der Waals surface area contributed by atoms with E-state index in [1.54, 1.807) is 12.1 Å². The molecule has 1 unspecified atom stereocenters. The van der Waals surface area contributed by atoms with E-state index in [9.17, 15) is 13.5 Å². The van der Waals surface area contributed by atoms with Crippen LogP contribution in [0.4, 0.5) is 0 Å². The highest BCUT2D eigenvalue weighted by Crippen LogP contribution is 2.26. The second-order valence-corrected chi connectivity index (χ2v) is 6.81. The van der Waals surface area contributed by atoms with Crippen molar-refractivity contribution in [2.45, 2.75) is 51.2 Å². The summed E-state index contributed by atoms with van der Waals surface area (Å²) in [6.07, 6.45) is 1.82. The molecule has 1 aromatic rings. The van der Waals surface area contributed by atoms with Crippen LogP contribution in [0, 0.1) is 5.92 Å². The Bertz CT molecular complexity index is 553. The molecule has 1 atom stereocenters. The molecule has 0 aliphatic rings. The van der Waals surface area contributed by atoms with Crippen LogP contribution < -0.4 is 9.46 Å². The van der Waals surface area contributed by atoms with Crippen molar-refractivity contribution < 1.29 is 18.3 Å². The Morgan fingerprint density at radius 2 is 1.90 bits per heavy atom. The maximum absolute atomic E-state index is 12.6. The smallest absolute Gasteiger partial charge is 0.244 e. The van der Waals surface area contributed by atoms with Crippen LogP contribution in [0.25, 0.3) is 0 Å². The summed E-state index contributed by atoms with van der Waals surface area (Å²) >= 11 is 0. The molecule has 0 amide bonds. The van der Waals surface area contributed by atoms with Gasteiger partial charge >= 0.3 is 0 Å². The van der Waals surface area contributed by atoms with E-state index in [4.69, 9.17) is 4.74 Å². The third-order valence-electron chi connectivity index (χ3n) is 3.80. The highest BCUT2D eigenvalue weighted by molar-refractivity contribution is 7.89. The number of nitrogens with one attached hydrogen (secondary N) is 1. The lowest BCUT2D eigenvalue weighted by Gasteiger charge is -2.23. The molecule has 5 nitrogen and oxygen atoms in total. The lowest BCUT2D eigenvalue weighted by molar-refractivity contribution is 0.281. The van der Waals surface area contributed by atoms with Crippen molar-refractivity contribution in [2.24, 2.45) is 5.92 Å². The maximum Gasteiger partial charge on any atom is 0.244 e. The van der Waals surface area contributed by atoms with Gasteiger partial charge in [-0.25, -0.2) is 13.1 Å². The molecule has 0 heterocycles. The fourth-order valence-corrected chi connectivity index (χ4v) is 3.96. The molecule has 0 aromatic heterocycles. The zero-order valence-electron chi connectivity index (χ0n) is 13.1. The second-order valence-electron chi connectivity index (χ2n) is 5.13. The zero-order chi connectivity index (χ0) is 16.0. The number of hydrogen-bond acceptors (Lipinski definition) is 4. The zero-order valence-corrected chi connectivity index (χ0v) is 13.9. The molecular formula is C15H25NO4S. The number of rotatable bonds is 8. The van der Waals surface area contributed by atoms with Crippen molar-refractivity contribution in [1.29, 1.82) is 0 Å². The minimum atomic E-state index is -3.69. The highest BCUT2D eigenvalue weighted by atomic mass is 32.2. The number of aliphatic hydroxyl groups is 1. The van der Waals surface area contributed by atoms with Crippen molar-refractivity contribution in [3.8, 4) is 5.75 Å². The van der Waals surface area contributed by atoms with Gasteiger partial charge in [0.1, 0.15) is 10.6 Å². The quantitative estimate of drug-likeness (QED) is 0.772. The monoisotopic (exact) mass is 315 g/mol. The van der Waals surface area contributed by atoms with Gasteiger partial charge in [-0.15, -0.1) is 0 Å². The van der Waals surface area contributed by atoms with Crippen molar-refractivity contribution in [1.82, 2.24) is 4.72 Å². The van der Waals surface area contributed by atoms with Gasteiger partial charge in [0.2, 0.25) is 10.0 Å². The molecule has 0 aliphatic carbocycles. The minimum Gasteiger partial charge on any atom is -0.495 e. The van der Waals surface area contributed by atoms with Crippen molar-refractivity contribution in [3.05, 3.63) is 23.8 Å². The van der Waals surface area contributed by atoms with Crippen molar-refractivity contribution >= 4 is 10.0 Å². The standard InChI is InChI=1S/C15H25NO4S/c1-5-13(6-2)11(3)16-21(18,19)15-9-12(10-17)7-8-14(15)20-4/h7-9,11,13,16-17H,5-6,10H2,1-4H3. The van der Waals surface area contributed by atoms with Crippen LogP contribution >= 0.6 is 0 Å². The number of ether oxygens (including phenoxy) is 1. The molecule has 0 saturated heterocycles. The average Bonchev–Trinajstić information content (AvgIpc) is 2.47. The molecule has 0 fully saturated rings. The first-order valence-electron chi connectivity index (χ1n) is 7.19. The van der Waals surface area contributed by atoms with Gasteiger partial charge in [0.25, 0.3) is 0 Å². The Hall–Kier alpha value is -1.11. The number of hydrogen-bond donors (Lipinski definition) is 2. The highest BCUT2D eigenvalue weighted by Gasteiger charge is 2.25. The van der Waals surface area contributed by atoms with Crippen LogP contribution in [0.1, 0.15) is 39.2 Å². The Morgan fingerprint density at radius 1 is 1.29 bits per heavy atom. The Balaban J connectivity index is 3.12. The first kappa shape index (κ1) is 17.9. The van der Waals surface area contributed by atoms with E-state index < -0.39 is 10.0 Å². The predicted octanol–water partition coefficient (Wildman–Crippen LogP) is 2.29. The van der Waals surface area contributed by atoms with Crippen LogP contribution in [0.2, 0.25) is 0 Å². The lowest BCUT2D eigenvalue weighted by atomic mass is 9.96. The number of methoxy groups -OCH3 is 1. The maximum atomic E-state index is 12.6. The predicted molar refractivity (Wildman–Crippen MR) is 82.8 cm³/mol. The second kappa shape index (κ2) is 7.77. The van der Waals surface area contributed by atoms with Gasteiger partial charge in [0.15, 0.2) is 0 Å². The largest absolute Gasteiger partial charge is 0.495 e. The summed E-state index contributed by atoms with van der Waals surface area (Å²) in [5.74, 6) is 0.559. The summed E-state index contributed by atoms with van der Waals surface area (Å²) in [5.41, 5.74) is 0.534. The van der Waals surface area contributed by atoms with Gasteiger partial charge in [0.05, 0.1) is 13.7 Å². The first-order valence-corrected chi connectivity index (χ1v) is 8.68. The van der Waals surface area contributed by atoms with Crippen LogP contribution in [0.5, 0.6) is 5.75 Å². The number of sulfonamides is 1. The average molecular weight is 315 g/mol. The van der Waals surface area contributed by atoms with E-state index in [2.05, 4.69) is 4.72 Å². The van der Waals surface area contributed by atoms with E-state index in [-0.39, 0.29) is 29.2 Å². The van der Waals surface area contributed by atoms with E-state index in [1.807, 2.05) is 20.8 Å². The number of aliphatic hydroxyl groups excluding tert-OH is 1. The molecule has 1 rings (SSSR count). The minimum absolute atomic E-state index is 0.0642. The summed E-state index contributed by atoms with van der Waals surface area (Å²) in [4.78, 5) is 0.0642. The van der Waals surface area contributed by atoms with Gasteiger partial charge in [-0.1, -0.05) is 32.8 Å². The van der Waals surface area contributed by atoms with E-state index in [1.165, 1.54) is 13.2 Å². The van der Waals surface area contributed by atoms with Gasteiger partial charge in [-0.2, -0.15) is 0 Å². The Labute approximate surface area is 127 Å². The van der Waals surface area contributed by atoms with Gasteiger partial charge in [0, 0.05) is 6.04 Å². The summed E-state index contributed by atoms with van der Waals surface area (Å²) in [6.45, 7) is 5.75. The van der Waals surface area contributed by atoms with E-state index >= 15 is 0 Å². The third-order valence-corrected chi connectivity index (χ3v) is 5.38. The van der Waals surface area contributed by atoms with E-state index in [0.29, 0.717) is 5.56 Å². The molecular weight excluding hydrogens is 290 g/mol. The van der Waals surface area contributed by atoms with Gasteiger partial charge in [-0.3, -0.25) is 0 Å². The summed E-state index contributed by atoms with van der Waals surface area (Å²) in [7, 11) is -2.26. The topological polar surface area (TPSA) is 75.6 Å². The van der Waals surface area contributed by atoms with Gasteiger partial charge < -0.3 is 9.84 Å². The molecule has 0 radical (unpaired) electrons. The third kappa shape index (κ3) is 4.43. The molecule has 0 aliphatic heterocycles. The molecule has 0 bridgehead atoms. The van der Waals surface area contributed by atoms with Crippen molar-refractivity contribution in [2.75, 3.05) is 7.11 Å². The molecule has 6 heteroatoms.